The Morgan fingerprint density at radius 3 is 2.84 bits per heavy atom. The molecule has 0 aliphatic carbocycles. The maximum Gasteiger partial charge on any atom is 0.253 e. The van der Waals surface area contributed by atoms with Crippen LogP contribution in [-0.2, 0) is 9.53 Å². The largest absolute Gasteiger partial charge is 0.364 e. The average Bonchev–Trinajstić information content (AvgIpc) is 2.42. The Balaban J connectivity index is 1.85. The summed E-state index contributed by atoms with van der Waals surface area (Å²) in [5.41, 5.74) is 0.803. The van der Waals surface area contributed by atoms with Crippen LogP contribution >= 0.6 is 0 Å². The molecule has 1 fully saturated rings. The molecule has 1 aromatic carbocycles. The lowest BCUT2D eigenvalue weighted by molar-refractivity contribution is -0.132. The van der Waals surface area contributed by atoms with Crippen molar-refractivity contribution in [3.05, 3.63) is 30.3 Å². The van der Waals surface area contributed by atoms with Gasteiger partial charge in [-0.3, -0.25) is 4.79 Å². The van der Waals surface area contributed by atoms with Crippen molar-refractivity contribution in [2.24, 2.45) is 0 Å². The molecule has 1 heterocycles. The SMILES string of the molecule is CC(OC1CCCNC1C)C(=O)Nc1ccccc1. The number of amides is 1. The Morgan fingerprint density at radius 1 is 1.42 bits per heavy atom. The number of nitrogens with one attached hydrogen (secondary N) is 2. The molecule has 1 aromatic rings. The van der Waals surface area contributed by atoms with E-state index in [4.69, 9.17) is 4.74 Å². The van der Waals surface area contributed by atoms with Crippen molar-refractivity contribution in [3.63, 3.8) is 0 Å². The molecule has 19 heavy (non-hydrogen) atoms. The van der Waals surface area contributed by atoms with Crippen LogP contribution in [0.15, 0.2) is 30.3 Å². The van der Waals surface area contributed by atoms with Gasteiger partial charge in [-0.1, -0.05) is 18.2 Å². The molecular weight excluding hydrogens is 240 g/mol. The molecule has 0 radical (unpaired) electrons. The van der Waals surface area contributed by atoms with Gasteiger partial charge in [0.15, 0.2) is 0 Å². The maximum atomic E-state index is 12.0. The number of hydrogen-bond donors (Lipinski definition) is 2. The fourth-order valence-electron chi connectivity index (χ4n) is 2.29. The second-order valence-electron chi connectivity index (χ2n) is 5.06. The summed E-state index contributed by atoms with van der Waals surface area (Å²) in [6.07, 6.45) is 1.79. The lowest BCUT2D eigenvalue weighted by Gasteiger charge is -2.31. The third kappa shape index (κ3) is 4.04. The van der Waals surface area contributed by atoms with Crippen LogP contribution < -0.4 is 10.6 Å². The second kappa shape index (κ2) is 6.68. The molecule has 1 saturated heterocycles. The van der Waals surface area contributed by atoms with E-state index in [2.05, 4.69) is 17.6 Å². The van der Waals surface area contributed by atoms with Gasteiger partial charge in [0.1, 0.15) is 6.10 Å². The van der Waals surface area contributed by atoms with Crippen molar-refractivity contribution in [3.8, 4) is 0 Å². The first-order valence-corrected chi connectivity index (χ1v) is 6.91. The molecule has 0 saturated carbocycles. The number of carbonyl (C=O) groups excluding carboxylic acids is 1. The van der Waals surface area contributed by atoms with Crippen LogP contribution in [0.5, 0.6) is 0 Å². The number of piperidine rings is 1. The summed E-state index contributed by atoms with van der Waals surface area (Å²) in [4.78, 5) is 12.0. The summed E-state index contributed by atoms with van der Waals surface area (Å²) in [6, 6.07) is 9.76. The van der Waals surface area contributed by atoms with Crippen molar-refractivity contribution >= 4 is 11.6 Å². The van der Waals surface area contributed by atoms with Gasteiger partial charge in [0.05, 0.1) is 6.10 Å². The number of rotatable bonds is 4. The highest BCUT2D eigenvalue weighted by molar-refractivity contribution is 5.93. The predicted octanol–water partition coefficient (Wildman–Crippen LogP) is 2.17. The number of benzene rings is 1. The van der Waals surface area contributed by atoms with Gasteiger partial charge in [-0.25, -0.2) is 0 Å². The topological polar surface area (TPSA) is 50.4 Å². The number of hydrogen-bond acceptors (Lipinski definition) is 3. The number of anilines is 1. The first kappa shape index (κ1) is 14.0. The average molecular weight is 262 g/mol. The standard InChI is InChI=1S/C15H22N2O2/c1-11-14(9-6-10-16-11)19-12(2)15(18)17-13-7-4-3-5-8-13/h3-5,7-8,11-12,14,16H,6,9-10H2,1-2H3,(H,17,18). The van der Waals surface area contributed by atoms with Crippen LogP contribution in [0.3, 0.4) is 0 Å². The summed E-state index contributed by atoms with van der Waals surface area (Å²) in [7, 11) is 0. The molecule has 0 aromatic heterocycles. The predicted molar refractivity (Wildman–Crippen MR) is 76.1 cm³/mol. The van der Waals surface area contributed by atoms with Crippen LogP contribution in [0.25, 0.3) is 0 Å². The smallest absolute Gasteiger partial charge is 0.253 e. The molecular formula is C15H22N2O2. The van der Waals surface area contributed by atoms with Crippen molar-refractivity contribution < 1.29 is 9.53 Å². The zero-order valence-electron chi connectivity index (χ0n) is 11.6. The molecule has 0 bridgehead atoms. The van der Waals surface area contributed by atoms with Crippen molar-refractivity contribution in [1.29, 1.82) is 0 Å². The summed E-state index contributed by atoms with van der Waals surface area (Å²) in [5, 5.41) is 6.23. The fraction of sp³-hybridized carbons (Fsp3) is 0.533. The van der Waals surface area contributed by atoms with Gasteiger partial charge >= 0.3 is 0 Å². The van der Waals surface area contributed by atoms with Crippen LogP contribution in [0.1, 0.15) is 26.7 Å². The van der Waals surface area contributed by atoms with Gasteiger partial charge < -0.3 is 15.4 Å². The molecule has 2 rings (SSSR count). The molecule has 104 valence electrons. The highest BCUT2D eigenvalue weighted by Gasteiger charge is 2.25. The number of para-hydroxylation sites is 1. The quantitative estimate of drug-likeness (QED) is 0.874. The third-order valence-corrected chi connectivity index (χ3v) is 3.48. The Labute approximate surface area is 114 Å². The van der Waals surface area contributed by atoms with Gasteiger partial charge in [0, 0.05) is 11.7 Å². The summed E-state index contributed by atoms with van der Waals surface area (Å²) < 4.78 is 5.86. The van der Waals surface area contributed by atoms with Crippen LogP contribution in [0.2, 0.25) is 0 Å². The van der Waals surface area contributed by atoms with E-state index in [-0.39, 0.29) is 12.0 Å². The molecule has 4 heteroatoms. The van der Waals surface area contributed by atoms with Gasteiger partial charge in [-0.15, -0.1) is 0 Å². The summed E-state index contributed by atoms with van der Waals surface area (Å²) >= 11 is 0. The van der Waals surface area contributed by atoms with E-state index in [1.807, 2.05) is 30.3 Å². The van der Waals surface area contributed by atoms with E-state index < -0.39 is 6.10 Å². The van der Waals surface area contributed by atoms with E-state index in [9.17, 15) is 4.79 Å². The van der Waals surface area contributed by atoms with E-state index in [0.29, 0.717) is 6.04 Å². The maximum absolute atomic E-state index is 12.0. The van der Waals surface area contributed by atoms with Gasteiger partial charge in [0.2, 0.25) is 0 Å². The Bertz CT molecular complexity index is 408. The summed E-state index contributed by atoms with van der Waals surface area (Å²) in [6.45, 7) is 4.94. The van der Waals surface area contributed by atoms with Crippen LogP contribution in [0.4, 0.5) is 5.69 Å². The van der Waals surface area contributed by atoms with Crippen LogP contribution in [0, 0.1) is 0 Å². The van der Waals surface area contributed by atoms with Crippen molar-refractivity contribution in [2.75, 3.05) is 11.9 Å². The zero-order valence-corrected chi connectivity index (χ0v) is 11.6. The minimum Gasteiger partial charge on any atom is -0.364 e. The normalized spacial score (nSPS) is 24.7. The third-order valence-electron chi connectivity index (χ3n) is 3.48. The number of carbonyl (C=O) groups is 1. The molecule has 4 nitrogen and oxygen atoms in total. The first-order valence-electron chi connectivity index (χ1n) is 6.91. The molecule has 1 amide bonds. The highest BCUT2D eigenvalue weighted by atomic mass is 16.5. The van der Waals surface area contributed by atoms with Crippen LogP contribution in [-0.4, -0.2) is 30.7 Å². The molecule has 2 N–H and O–H groups in total. The molecule has 0 spiro atoms. The zero-order chi connectivity index (χ0) is 13.7. The Hall–Kier alpha value is -1.39. The lowest BCUT2D eigenvalue weighted by atomic mass is 10.0. The summed E-state index contributed by atoms with van der Waals surface area (Å²) in [5.74, 6) is -0.0935. The first-order chi connectivity index (χ1) is 9.16. The van der Waals surface area contributed by atoms with E-state index in [0.717, 1.165) is 25.1 Å². The van der Waals surface area contributed by atoms with E-state index >= 15 is 0 Å². The monoisotopic (exact) mass is 262 g/mol. The molecule has 1 aliphatic rings. The Kier molecular flexibility index (Phi) is 4.93. The fourth-order valence-corrected chi connectivity index (χ4v) is 2.29. The minimum absolute atomic E-state index is 0.0935. The molecule has 3 atom stereocenters. The number of ether oxygens (including phenoxy) is 1. The second-order valence-corrected chi connectivity index (χ2v) is 5.06. The van der Waals surface area contributed by atoms with E-state index in [1.165, 1.54) is 0 Å². The van der Waals surface area contributed by atoms with E-state index in [1.54, 1.807) is 6.92 Å². The van der Waals surface area contributed by atoms with Gasteiger partial charge in [-0.05, 0) is 45.4 Å². The van der Waals surface area contributed by atoms with Gasteiger partial charge in [0.25, 0.3) is 5.91 Å². The van der Waals surface area contributed by atoms with Gasteiger partial charge in [-0.2, -0.15) is 0 Å². The lowest BCUT2D eigenvalue weighted by Crippen LogP contribution is -2.46. The van der Waals surface area contributed by atoms with Crippen molar-refractivity contribution in [1.82, 2.24) is 5.32 Å². The Morgan fingerprint density at radius 2 is 2.16 bits per heavy atom. The molecule has 3 unspecified atom stereocenters. The molecule has 1 aliphatic heterocycles. The van der Waals surface area contributed by atoms with Crippen molar-refractivity contribution in [2.45, 2.75) is 44.9 Å². The minimum atomic E-state index is -0.437. The highest BCUT2D eigenvalue weighted by Crippen LogP contribution is 2.15.